The fourth-order valence-electron chi connectivity index (χ4n) is 5.21. The number of thiol groups is 2. The molecule has 0 fully saturated rings. The van der Waals surface area contributed by atoms with Gasteiger partial charge in [0.05, 0.1) is 0 Å². The highest BCUT2D eigenvalue weighted by molar-refractivity contribution is 8.59. The molecular weight excluding hydrogens is 583 g/mol. The van der Waals surface area contributed by atoms with Crippen molar-refractivity contribution in [1.29, 1.82) is 0 Å². The van der Waals surface area contributed by atoms with Crippen LogP contribution in [0.3, 0.4) is 0 Å². The maximum Gasteiger partial charge on any atom is 0.135 e. The zero-order chi connectivity index (χ0) is 30.3. The van der Waals surface area contributed by atoms with Gasteiger partial charge in [0.25, 0.3) is 0 Å². The lowest BCUT2D eigenvalue weighted by Crippen LogP contribution is -2.15. The van der Waals surface area contributed by atoms with E-state index in [-0.39, 0.29) is 0 Å². The minimum absolute atomic E-state index is 0.916. The van der Waals surface area contributed by atoms with Gasteiger partial charge < -0.3 is 9.73 Å². The summed E-state index contributed by atoms with van der Waals surface area (Å²) in [6, 6.07) is 38.3. The van der Waals surface area contributed by atoms with E-state index in [1.165, 1.54) is 32.3 Å². The topological polar surface area (TPSA) is 25.2 Å². The van der Waals surface area contributed by atoms with Crippen molar-refractivity contribution in [2.45, 2.75) is 13.8 Å². The van der Waals surface area contributed by atoms with Crippen molar-refractivity contribution in [3.63, 3.8) is 0 Å². The minimum Gasteiger partial charge on any atom is -0.456 e. The van der Waals surface area contributed by atoms with Crippen molar-refractivity contribution in [3.8, 4) is 22.3 Å². The zero-order valence-corrected chi connectivity index (χ0v) is 26.8. The summed E-state index contributed by atoms with van der Waals surface area (Å²) in [5.41, 5.74) is 8.66. The first-order valence-corrected chi connectivity index (χ1v) is 16.5. The smallest absolute Gasteiger partial charge is 0.135 e. The number of furan rings is 1. The predicted octanol–water partition coefficient (Wildman–Crippen LogP) is 11.0. The van der Waals surface area contributed by atoms with Crippen LogP contribution in [0.1, 0.15) is 13.8 Å². The molecule has 0 atom stereocenters. The lowest BCUT2D eigenvalue weighted by atomic mass is 10.0. The SMILES string of the molecule is C=C/C=c1\c(=C)sc2ccc(-c3ccc(Nc4ccc(-c5ccc6oc7ccccc7c6c5)cc4)cc3)cc12.CC.SS. The summed E-state index contributed by atoms with van der Waals surface area (Å²) >= 11 is 8.17. The number of hydrogen-bond donors (Lipinski definition) is 3. The first-order chi connectivity index (χ1) is 21.2. The summed E-state index contributed by atoms with van der Waals surface area (Å²) in [6.45, 7) is 12.1. The van der Waals surface area contributed by atoms with E-state index in [2.05, 4.69) is 139 Å². The zero-order valence-electron chi connectivity index (χ0n) is 24.2. The van der Waals surface area contributed by atoms with E-state index in [0.717, 1.165) is 43.1 Å². The van der Waals surface area contributed by atoms with Crippen molar-refractivity contribution in [2.24, 2.45) is 0 Å². The molecule has 2 aromatic heterocycles. The number of hydrogen-bond acceptors (Lipinski definition) is 5. The number of allylic oxidation sites excluding steroid dienone is 1. The van der Waals surface area contributed by atoms with Gasteiger partial charge in [0.1, 0.15) is 11.2 Å². The van der Waals surface area contributed by atoms with E-state index in [1.54, 1.807) is 11.3 Å². The summed E-state index contributed by atoms with van der Waals surface area (Å²) in [5, 5.41) is 8.21. The molecule has 43 heavy (non-hydrogen) atoms. The van der Waals surface area contributed by atoms with Gasteiger partial charge in [-0.05, 0) is 82.1 Å². The van der Waals surface area contributed by atoms with Gasteiger partial charge in [0, 0.05) is 36.8 Å². The van der Waals surface area contributed by atoms with Crippen LogP contribution in [-0.2, 0) is 0 Å². The monoisotopic (exact) mass is 615 g/mol. The molecule has 0 amide bonds. The van der Waals surface area contributed by atoms with Gasteiger partial charge >= 0.3 is 0 Å². The molecule has 0 saturated heterocycles. The van der Waals surface area contributed by atoms with Gasteiger partial charge in [0.2, 0.25) is 0 Å². The molecule has 7 rings (SSSR count). The number of benzene rings is 5. The second-order valence-corrected chi connectivity index (χ2v) is 10.8. The number of nitrogens with one attached hydrogen (secondary N) is 1. The summed E-state index contributed by atoms with van der Waals surface area (Å²) in [6.07, 6.45) is 3.87. The quantitative estimate of drug-likeness (QED) is 0.133. The normalized spacial score (nSPS) is 11.1. The van der Waals surface area contributed by atoms with E-state index < -0.39 is 0 Å². The predicted molar refractivity (Wildman–Crippen MR) is 198 cm³/mol. The average Bonchev–Trinajstić information content (AvgIpc) is 3.60. The van der Waals surface area contributed by atoms with Crippen molar-refractivity contribution in [3.05, 3.63) is 132 Å². The summed E-state index contributed by atoms with van der Waals surface area (Å²) in [7, 11) is 0. The third kappa shape index (κ3) is 6.30. The van der Waals surface area contributed by atoms with Crippen LogP contribution in [-0.4, -0.2) is 0 Å². The lowest BCUT2D eigenvalue weighted by Gasteiger charge is -2.09. The van der Waals surface area contributed by atoms with Crippen LogP contribution in [0.15, 0.2) is 126 Å². The molecule has 1 N–H and O–H groups in total. The molecule has 214 valence electrons. The fourth-order valence-corrected chi connectivity index (χ4v) is 6.18. The maximum atomic E-state index is 5.98. The van der Waals surface area contributed by atoms with E-state index >= 15 is 0 Å². The maximum absolute atomic E-state index is 5.98. The van der Waals surface area contributed by atoms with Crippen molar-refractivity contribution < 1.29 is 4.42 Å². The Balaban J connectivity index is 0.000000885. The Morgan fingerprint density at radius 3 is 1.81 bits per heavy atom. The van der Waals surface area contributed by atoms with Crippen LogP contribution in [0.25, 0.3) is 66.9 Å². The molecule has 0 aliphatic carbocycles. The Morgan fingerprint density at radius 2 is 1.19 bits per heavy atom. The Morgan fingerprint density at radius 1 is 0.651 bits per heavy atom. The molecule has 0 aliphatic heterocycles. The Kier molecular flexibility index (Phi) is 9.78. The molecular formula is C38H33NOS3. The van der Waals surface area contributed by atoms with Gasteiger partial charge in [-0.2, -0.15) is 0 Å². The van der Waals surface area contributed by atoms with Crippen molar-refractivity contribution >= 4 is 90.7 Å². The molecule has 0 spiro atoms. The number of rotatable bonds is 5. The molecule has 2 heterocycles. The molecule has 0 aliphatic rings. The molecule has 2 nitrogen and oxygen atoms in total. The molecule has 5 heteroatoms. The van der Waals surface area contributed by atoms with Crippen LogP contribution < -0.4 is 15.1 Å². The minimum atomic E-state index is 0.916. The number of thiophene rings is 1. The van der Waals surface area contributed by atoms with Crippen LogP contribution in [0.4, 0.5) is 11.4 Å². The summed E-state index contributed by atoms with van der Waals surface area (Å²) in [5.74, 6) is 0. The highest BCUT2D eigenvalue weighted by Gasteiger charge is 2.08. The van der Waals surface area contributed by atoms with Crippen LogP contribution in [0, 0.1) is 0 Å². The molecule has 0 bridgehead atoms. The summed E-state index contributed by atoms with van der Waals surface area (Å²) in [4.78, 5) is 0. The van der Waals surface area contributed by atoms with E-state index in [4.69, 9.17) is 4.42 Å². The number of fused-ring (bicyclic) bond motifs is 4. The van der Waals surface area contributed by atoms with Gasteiger partial charge in [-0.1, -0.05) is 93.8 Å². The lowest BCUT2D eigenvalue weighted by molar-refractivity contribution is 0.669. The highest BCUT2D eigenvalue weighted by Crippen LogP contribution is 2.33. The van der Waals surface area contributed by atoms with Crippen LogP contribution in [0.2, 0.25) is 0 Å². The van der Waals surface area contributed by atoms with Crippen LogP contribution >= 0.6 is 34.7 Å². The molecule has 0 unspecified atom stereocenters. The fraction of sp³-hybridized carbons (Fsp3) is 0.0526. The number of para-hydroxylation sites is 1. The van der Waals surface area contributed by atoms with Gasteiger partial charge in [0.15, 0.2) is 0 Å². The Hall–Kier alpha value is -4.16. The standard InChI is InChI=1S/C36H25NOS.C2H6.H2S2/c1-3-6-30-23(2)39-36-20-14-27(22-33(30)36)25-11-17-29(18-12-25)37-28-15-9-24(10-16-28)26-13-19-35-32(21-26)31-7-4-5-8-34(31)38-35;2*1-2/h3-22,37H,1-2H2;1-2H3;1-2H/b30-6+;;. The van der Waals surface area contributed by atoms with Gasteiger partial charge in [-0.15, -0.1) is 34.7 Å². The molecule has 7 aromatic rings. The Labute approximate surface area is 266 Å². The molecule has 0 radical (unpaired) electrons. The third-order valence-corrected chi connectivity index (χ3v) is 8.23. The van der Waals surface area contributed by atoms with Crippen LogP contribution in [0.5, 0.6) is 0 Å². The average molecular weight is 616 g/mol. The first-order valence-electron chi connectivity index (χ1n) is 14.1. The summed E-state index contributed by atoms with van der Waals surface area (Å²) < 4.78 is 8.30. The van der Waals surface area contributed by atoms with Gasteiger partial charge in [-0.25, -0.2) is 0 Å². The first kappa shape index (κ1) is 30.3. The van der Waals surface area contributed by atoms with E-state index in [0.29, 0.717) is 0 Å². The van der Waals surface area contributed by atoms with E-state index in [1.807, 2.05) is 38.1 Å². The van der Waals surface area contributed by atoms with Crippen molar-refractivity contribution in [1.82, 2.24) is 0 Å². The third-order valence-electron chi connectivity index (χ3n) is 7.19. The highest BCUT2D eigenvalue weighted by atomic mass is 33.1. The van der Waals surface area contributed by atoms with Crippen molar-refractivity contribution in [2.75, 3.05) is 5.32 Å². The second kappa shape index (κ2) is 13.9. The largest absolute Gasteiger partial charge is 0.456 e. The second-order valence-electron chi connectivity index (χ2n) is 9.64. The number of anilines is 2. The van der Waals surface area contributed by atoms with E-state index in [9.17, 15) is 0 Å². The molecule has 0 saturated carbocycles. The van der Waals surface area contributed by atoms with Gasteiger partial charge in [-0.3, -0.25) is 0 Å². The molecule has 5 aromatic carbocycles. The Bertz CT molecular complexity index is 2120.